The first-order valence-corrected chi connectivity index (χ1v) is 13.4. The first kappa shape index (κ1) is 25.4. The van der Waals surface area contributed by atoms with Gasteiger partial charge in [-0.15, -0.1) is 0 Å². The molecule has 7 nitrogen and oxygen atoms in total. The van der Waals surface area contributed by atoms with Crippen LogP contribution in [0.4, 0.5) is 0 Å². The zero-order chi connectivity index (χ0) is 24.7. The molecule has 2 aromatic rings. The predicted octanol–water partition coefficient (Wildman–Crippen LogP) is 2.58. The minimum absolute atomic E-state index is 0.0772. The molecule has 3 aliphatic rings. The number of nitrogens with zero attached hydrogens (tertiary/aromatic N) is 2. The van der Waals surface area contributed by atoms with E-state index in [1.54, 1.807) is 0 Å². The number of likely N-dealkylation sites (tertiary alicyclic amines) is 1. The molecule has 0 aromatic heterocycles. The largest absolute Gasteiger partial charge is 0.389 e. The second kappa shape index (κ2) is 12.3. The second-order valence-corrected chi connectivity index (χ2v) is 10.5. The van der Waals surface area contributed by atoms with E-state index in [0.29, 0.717) is 26.2 Å². The van der Waals surface area contributed by atoms with Gasteiger partial charge in [-0.05, 0) is 30.4 Å². The van der Waals surface area contributed by atoms with Crippen LogP contribution in [0.3, 0.4) is 0 Å². The molecule has 3 heterocycles. The van der Waals surface area contributed by atoms with Crippen LogP contribution in [-0.2, 0) is 27.4 Å². The normalized spacial score (nSPS) is 29.8. The smallest absolute Gasteiger partial charge is 0.222 e. The van der Waals surface area contributed by atoms with Gasteiger partial charge in [0.25, 0.3) is 0 Å². The molecule has 0 spiro atoms. The van der Waals surface area contributed by atoms with Gasteiger partial charge >= 0.3 is 0 Å². The van der Waals surface area contributed by atoms with Gasteiger partial charge in [0.05, 0.1) is 37.9 Å². The maximum absolute atomic E-state index is 12.9. The number of hydrogen-bond donors (Lipinski definition) is 2. The van der Waals surface area contributed by atoms with Crippen molar-refractivity contribution in [2.45, 2.75) is 69.2 Å². The van der Waals surface area contributed by atoms with E-state index >= 15 is 0 Å². The Kier molecular flexibility index (Phi) is 8.67. The van der Waals surface area contributed by atoms with E-state index in [2.05, 4.69) is 51.5 Å². The van der Waals surface area contributed by atoms with Crippen LogP contribution in [-0.4, -0.2) is 84.1 Å². The van der Waals surface area contributed by atoms with E-state index in [4.69, 9.17) is 9.47 Å². The predicted molar refractivity (Wildman–Crippen MR) is 138 cm³/mol. The average Bonchev–Trinajstić information content (AvgIpc) is 3.30. The van der Waals surface area contributed by atoms with Crippen molar-refractivity contribution in [2.75, 3.05) is 32.8 Å². The van der Waals surface area contributed by atoms with E-state index in [1.807, 2.05) is 24.3 Å². The molecule has 2 aromatic carbocycles. The Bertz CT molecular complexity index is 960. The van der Waals surface area contributed by atoms with Crippen LogP contribution in [0, 0.1) is 0 Å². The van der Waals surface area contributed by atoms with Crippen LogP contribution >= 0.6 is 0 Å². The number of rotatable bonds is 7. The molecule has 0 aliphatic carbocycles. The van der Waals surface area contributed by atoms with Crippen molar-refractivity contribution in [1.82, 2.24) is 15.1 Å². The van der Waals surface area contributed by atoms with Crippen LogP contribution in [0.1, 0.15) is 36.8 Å². The maximum atomic E-state index is 12.9. The Morgan fingerprint density at radius 3 is 2.39 bits per heavy atom. The maximum Gasteiger partial charge on any atom is 0.222 e. The number of β-amino-alcohol motifs (C(OH)–C–C–N with tert-alkyl or cyclic N) is 1. The lowest BCUT2D eigenvalue weighted by atomic mass is 9.94. The third-order valence-electron chi connectivity index (χ3n) is 7.62. The molecule has 2 N–H and O–H groups in total. The zero-order valence-electron chi connectivity index (χ0n) is 21.0. The van der Waals surface area contributed by atoms with Gasteiger partial charge in [-0.3, -0.25) is 14.6 Å². The molecule has 0 unspecified atom stereocenters. The van der Waals surface area contributed by atoms with Gasteiger partial charge in [0, 0.05) is 44.8 Å². The molecule has 0 saturated carbocycles. The topological polar surface area (TPSA) is 74.3 Å². The summed E-state index contributed by atoms with van der Waals surface area (Å²) < 4.78 is 12.2. The van der Waals surface area contributed by atoms with Crippen molar-refractivity contribution >= 4 is 5.91 Å². The van der Waals surface area contributed by atoms with Gasteiger partial charge in [0.2, 0.25) is 5.91 Å². The third-order valence-corrected chi connectivity index (χ3v) is 7.62. The number of carbonyl (C=O) groups is 1. The molecule has 5 rings (SSSR count). The molecule has 3 saturated heterocycles. The molecule has 7 heteroatoms. The van der Waals surface area contributed by atoms with Crippen LogP contribution < -0.4 is 5.32 Å². The Labute approximate surface area is 214 Å². The molecular formula is C29H39N3O4. The fourth-order valence-corrected chi connectivity index (χ4v) is 5.87. The fraction of sp³-hybridized carbons (Fsp3) is 0.552. The lowest BCUT2D eigenvalue weighted by Crippen LogP contribution is -2.55. The Hall–Kier alpha value is -2.29. The minimum atomic E-state index is -0.508. The van der Waals surface area contributed by atoms with Gasteiger partial charge < -0.3 is 19.9 Å². The van der Waals surface area contributed by atoms with E-state index in [-0.39, 0.29) is 30.2 Å². The number of ether oxygens (including phenoxy) is 2. The molecular weight excluding hydrogens is 454 g/mol. The van der Waals surface area contributed by atoms with Crippen LogP contribution in [0.15, 0.2) is 60.7 Å². The van der Waals surface area contributed by atoms with E-state index in [1.165, 1.54) is 11.1 Å². The van der Waals surface area contributed by atoms with Crippen molar-refractivity contribution in [3.8, 4) is 0 Å². The lowest BCUT2D eigenvalue weighted by Gasteiger charge is -2.44. The van der Waals surface area contributed by atoms with E-state index in [9.17, 15) is 9.90 Å². The number of aliphatic hydroxyl groups excluding tert-OH is 1. The monoisotopic (exact) mass is 493 g/mol. The van der Waals surface area contributed by atoms with Gasteiger partial charge in [0.15, 0.2) is 0 Å². The summed E-state index contributed by atoms with van der Waals surface area (Å²) in [6, 6.07) is 21.2. The first-order chi connectivity index (χ1) is 17.6. The number of aliphatic hydroxyl groups is 1. The van der Waals surface area contributed by atoms with Crippen molar-refractivity contribution in [2.24, 2.45) is 0 Å². The van der Waals surface area contributed by atoms with Crippen molar-refractivity contribution in [1.29, 1.82) is 0 Å². The summed E-state index contributed by atoms with van der Waals surface area (Å²) in [7, 11) is 0. The molecule has 36 heavy (non-hydrogen) atoms. The minimum Gasteiger partial charge on any atom is -0.389 e. The van der Waals surface area contributed by atoms with Crippen LogP contribution in [0.25, 0.3) is 0 Å². The van der Waals surface area contributed by atoms with Crippen LogP contribution in [0.5, 0.6) is 0 Å². The zero-order valence-corrected chi connectivity index (χ0v) is 21.0. The van der Waals surface area contributed by atoms with Crippen molar-refractivity contribution < 1.29 is 19.4 Å². The van der Waals surface area contributed by atoms with Crippen LogP contribution in [0.2, 0.25) is 0 Å². The Morgan fingerprint density at radius 2 is 1.64 bits per heavy atom. The summed E-state index contributed by atoms with van der Waals surface area (Å²) in [4.78, 5) is 17.6. The first-order valence-electron chi connectivity index (χ1n) is 13.4. The van der Waals surface area contributed by atoms with Gasteiger partial charge in [0.1, 0.15) is 0 Å². The van der Waals surface area contributed by atoms with Crippen molar-refractivity contribution in [3.05, 3.63) is 71.8 Å². The summed E-state index contributed by atoms with van der Waals surface area (Å²) >= 11 is 0. The number of fused-ring (bicyclic) bond motifs is 1. The molecule has 5 atom stereocenters. The molecule has 0 bridgehead atoms. The van der Waals surface area contributed by atoms with Gasteiger partial charge in [-0.2, -0.15) is 0 Å². The number of benzene rings is 2. The molecule has 3 aliphatic heterocycles. The summed E-state index contributed by atoms with van der Waals surface area (Å²) in [6.45, 7) is 4.91. The highest BCUT2D eigenvalue weighted by molar-refractivity contribution is 5.76. The fourth-order valence-electron chi connectivity index (χ4n) is 5.87. The standard InChI is InChI=1S/C29H39N3O4/c33-25-19-32(17-23-9-5-2-6-10-23)27-12-11-26(36-28(27)21-35-20-25)15-29(34)30-24-13-14-31(18-24)16-22-7-3-1-4-8-22/h1-10,24-28,33H,11-21H2,(H,30,34)/t24-,25-,26+,27+,28-/m0/s1. The number of hydrogen-bond acceptors (Lipinski definition) is 6. The van der Waals surface area contributed by atoms with Gasteiger partial charge in [-0.25, -0.2) is 0 Å². The highest BCUT2D eigenvalue weighted by atomic mass is 16.5. The summed E-state index contributed by atoms with van der Waals surface area (Å²) in [5, 5.41) is 13.6. The highest BCUT2D eigenvalue weighted by Crippen LogP contribution is 2.29. The number of carbonyl (C=O) groups excluding carboxylic acids is 1. The Morgan fingerprint density at radius 1 is 0.917 bits per heavy atom. The molecule has 194 valence electrons. The quantitative estimate of drug-likeness (QED) is 0.618. The number of amides is 1. The number of nitrogens with one attached hydrogen (secondary N) is 1. The summed E-state index contributed by atoms with van der Waals surface area (Å²) in [5.74, 6) is 0.0772. The summed E-state index contributed by atoms with van der Waals surface area (Å²) in [6.07, 6.45) is 2.44. The lowest BCUT2D eigenvalue weighted by molar-refractivity contribution is -0.158. The highest BCUT2D eigenvalue weighted by Gasteiger charge is 2.38. The third kappa shape index (κ3) is 6.93. The second-order valence-electron chi connectivity index (χ2n) is 10.5. The molecule has 1 amide bonds. The SMILES string of the molecule is O=C(C[C@H]1CC[C@@H]2[C@H](COC[C@@H](O)CN2Cc2ccccc2)O1)N[C@H]1CCN(Cc2ccccc2)C1. The summed E-state index contributed by atoms with van der Waals surface area (Å²) in [5.41, 5.74) is 2.54. The van der Waals surface area contributed by atoms with E-state index in [0.717, 1.165) is 45.4 Å². The van der Waals surface area contributed by atoms with Crippen molar-refractivity contribution in [3.63, 3.8) is 0 Å². The molecule has 3 fully saturated rings. The molecule has 0 radical (unpaired) electrons. The average molecular weight is 494 g/mol. The Balaban J connectivity index is 1.11. The van der Waals surface area contributed by atoms with Gasteiger partial charge in [-0.1, -0.05) is 60.7 Å². The van der Waals surface area contributed by atoms with E-state index < -0.39 is 6.10 Å².